The van der Waals surface area contributed by atoms with Crippen molar-refractivity contribution in [1.29, 1.82) is 0 Å². The van der Waals surface area contributed by atoms with Gasteiger partial charge in [-0.15, -0.1) is 0 Å². The second kappa shape index (κ2) is 13.0. The van der Waals surface area contributed by atoms with Gasteiger partial charge in [-0.1, -0.05) is 91.0 Å². The van der Waals surface area contributed by atoms with Crippen molar-refractivity contribution in [1.82, 2.24) is 0 Å². The molecule has 0 spiro atoms. The molecule has 3 aromatic carbocycles. The third-order valence-corrected chi connectivity index (χ3v) is 11.0. The summed E-state index contributed by atoms with van der Waals surface area (Å²) in [6.45, 7) is 9.61. The molecule has 3 aromatic rings. The first kappa shape index (κ1) is 32.8. The molecule has 0 bridgehead atoms. The summed E-state index contributed by atoms with van der Waals surface area (Å²) in [5, 5.41) is 2.35. The van der Waals surface area contributed by atoms with E-state index in [0.717, 1.165) is 15.9 Å². The summed E-state index contributed by atoms with van der Waals surface area (Å²) < 4.78 is 12.0. The summed E-state index contributed by atoms with van der Waals surface area (Å²) in [6, 6.07) is 28.4. The minimum atomic E-state index is -3.28. The summed E-state index contributed by atoms with van der Waals surface area (Å²) in [7, 11) is 0. The molecule has 0 N–H and O–H groups in total. The first-order chi connectivity index (χ1) is 19.6. The van der Waals surface area contributed by atoms with Gasteiger partial charge in [-0.2, -0.15) is 0 Å². The molecule has 0 amide bonds. The Morgan fingerprint density at radius 2 is 0.881 bits per heavy atom. The number of benzene rings is 3. The number of ether oxygens (including phenoxy) is 2. The number of carbonyl (C=O) groups is 4. The van der Waals surface area contributed by atoms with Crippen molar-refractivity contribution in [3.8, 4) is 0 Å². The predicted molar refractivity (Wildman–Crippen MR) is 170 cm³/mol. The van der Waals surface area contributed by atoms with Gasteiger partial charge in [0.15, 0.2) is 0 Å². The Kier molecular flexibility index (Phi) is 10.2. The van der Waals surface area contributed by atoms with Gasteiger partial charge >= 0.3 is 11.9 Å². The van der Waals surface area contributed by atoms with E-state index in [0.29, 0.717) is 0 Å². The fraction of sp³-hybridized carbons (Fsp3) is 0.343. The number of carbonyl (C=O) groups excluding carboxylic acids is 4. The minimum Gasteiger partial charge on any atom is -0.459 e. The third kappa shape index (κ3) is 7.35. The van der Waals surface area contributed by atoms with Crippen LogP contribution < -0.4 is 15.9 Å². The highest BCUT2D eigenvalue weighted by molar-refractivity contribution is 7.96. The number of hydrogen-bond donors (Lipinski definition) is 0. The number of rotatable bonds is 9. The van der Waals surface area contributed by atoms with Crippen LogP contribution in [0.3, 0.4) is 0 Å². The molecule has 0 aromatic heterocycles. The van der Waals surface area contributed by atoms with Gasteiger partial charge in [0.1, 0.15) is 28.7 Å². The van der Waals surface area contributed by atoms with Crippen LogP contribution in [0.5, 0.6) is 0 Å². The van der Waals surface area contributed by atoms with Crippen molar-refractivity contribution in [3.63, 3.8) is 0 Å². The van der Waals surface area contributed by atoms with Crippen molar-refractivity contribution in [3.05, 3.63) is 91.0 Å². The highest BCUT2D eigenvalue weighted by atomic mass is 31.2. The lowest BCUT2D eigenvalue weighted by Crippen LogP contribution is -2.49. The van der Waals surface area contributed by atoms with Crippen LogP contribution in [0.2, 0.25) is 0 Å². The molecule has 1 atom stereocenters. The maximum atomic E-state index is 14.7. The number of ketones is 2. The summed E-state index contributed by atoms with van der Waals surface area (Å²) in [6.07, 6.45) is 0. The van der Waals surface area contributed by atoms with Crippen LogP contribution in [0.1, 0.15) is 55.4 Å². The van der Waals surface area contributed by atoms with Gasteiger partial charge in [0, 0.05) is 0 Å². The zero-order chi connectivity index (χ0) is 31.3. The molecule has 1 unspecified atom stereocenters. The van der Waals surface area contributed by atoms with Crippen molar-refractivity contribution in [2.45, 2.75) is 66.6 Å². The van der Waals surface area contributed by atoms with E-state index in [1.807, 2.05) is 91.0 Å². The topological polar surface area (TPSA) is 86.7 Å². The van der Waals surface area contributed by atoms with Gasteiger partial charge in [-0.25, -0.2) is 4.79 Å². The predicted octanol–water partition coefficient (Wildman–Crippen LogP) is 5.25. The molecular formula is C35H41O6P. The number of Topliss-reactive ketones (excluding diaryl/α,β-unsaturated/α-hetero) is 2. The summed E-state index contributed by atoms with van der Waals surface area (Å²) in [4.78, 5) is 55.6. The Morgan fingerprint density at radius 1 is 0.548 bits per heavy atom. The first-order valence-corrected chi connectivity index (χ1v) is 15.8. The molecule has 6 nitrogen and oxygen atoms in total. The van der Waals surface area contributed by atoms with Gasteiger partial charge in [-0.3, -0.25) is 14.4 Å². The lowest BCUT2D eigenvalue weighted by Gasteiger charge is -2.37. The van der Waals surface area contributed by atoms with E-state index >= 15 is 0 Å². The smallest absolute Gasteiger partial charge is 0.336 e. The second-order valence-electron chi connectivity index (χ2n) is 12.3. The fourth-order valence-electron chi connectivity index (χ4n) is 5.15. The molecule has 7 heteroatoms. The molecule has 0 saturated carbocycles. The molecule has 42 heavy (non-hydrogen) atoms. The fourth-order valence-corrected chi connectivity index (χ4v) is 9.73. The maximum Gasteiger partial charge on any atom is 0.336 e. The SMILES string of the molecule is CC(=O)C(C(C)=O)C(C(=O)OC(C)(C)C)C(C(=O)OC(C)(C)C)=P(c1ccccc1)(c1ccccc1)c1ccccc1. The van der Waals surface area contributed by atoms with Crippen molar-refractivity contribution >= 4 is 51.6 Å². The van der Waals surface area contributed by atoms with Crippen LogP contribution >= 0.6 is 6.89 Å². The summed E-state index contributed by atoms with van der Waals surface area (Å²) in [5.41, 5.74) is -1.90. The molecule has 3 rings (SSSR count). The van der Waals surface area contributed by atoms with E-state index < -0.39 is 53.4 Å². The molecule has 0 aliphatic heterocycles. The van der Waals surface area contributed by atoms with E-state index in [9.17, 15) is 19.2 Å². The number of esters is 2. The second-order valence-corrected chi connectivity index (χ2v) is 15.6. The number of hydrogen-bond acceptors (Lipinski definition) is 6. The molecule has 0 fully saturated rings. The van der Waals surface area contributed by atoms with E-state index in [2.05, 4.69) is 0 Å². The standard InChI is InChI=1S/C35H41O6P/c1-24(36)29(25(2)37)30(32(38)40-34(3,4)5)31(33(39)41-35(6,7)8)42(26-18-12-9-13-19-26,27-20-14-10-15-21-27)28-22-16-11-17-23-28/h9-23,29-30H,1-8H3. The quantitative estimate of drug-likeness (QED) is 0.193. The molecule has 0 aliphatic rings. The van der Waals surface area contributed by atoms with Gasteiger partial charge in [0.2, 0.25) is 0 Å². The highest BCUT2D eigenvalue weighted by Crippen LogP contribution is 2.49. The van der Waals surface area contributed by atoms with Crippen LogP contribution in [0.25, 0.3) is 0 Å². The molecule has 0 aliphatic carbocycles. The van der Waals surface area contributed by atoms with Crippen molar-refractivity contribution < 1.29 is 28.7 Å². The Bertz CT molecular complexity index is 1360. The monoisotopic (exact) mass is 588 g/mol. The van der Waals surface area contributed by atoms with E-state index in [1.165, 1.54) is 13.8 Å². The van der Waals surface area contributed by atoms with E-state index in [1.54, 1.807) is 41.5 Å². The summed E-state index contributed by atoms with van der Waals surface area (Å²) in [5.74, 6) is -5.65. The van der Waals surface area contributed by atoms with Crippen LogP contribution in [0.4, 0.5) is 0 Å². The van der Waals surface area contributed by atoms with Gasteiger partial charge in [-0.05, 0) is 78.2 Å². The highest BCUT2D eigenvalue weighted by Gasteiger charge is 2.49. The first-order valence-electron chi connectivity index (χ1n) is 14.0. The average Bonchev–Trinajstić information content (AvgIpc) is 2.89. The van der Waals surface area contributed by atoms with Gasteiger partial charge < -0.3 is 9.47 Å². The lowest BCUT2D eigenvalue weighted by molar-refractivity contribution is -0.163. The zero-order valence-corrected chi connectivity index (χ0v) is 26.6. The average molecular weight is 589 g/mol. The Morgan fingerprint density at radius 3 is 1.17 bits per heavy atom. The largest absolute Gasteiger partial charge is 0.459 e. The van der Waals surface area contributed by atoms with Crippen LogP contribution in [-0.4, -0.2) is 40.0 Å². The minimum absolute atomic E-state index is 0.0469. The Balaban J connectivity index is 2.78. The molecule has 0 radical (unpaired) electrons. The van der Waals surface area contributed by atoms with Crippen LogP contribution in [-0.2, 0) is 28.7 Å². The lowest BCUT2D eigenvalue weighted by atomic mass is 9.83. The van der Waals surface area contributed by atoms with Crippen molar-refractivity contribution in [2.24, 2.45) is 11.8 Å². The van der Waals surface area contributed by atoms with Gasteiger partial charge in [0.05, 0.1) is 11.2 Å². The van der Waals surface area contributed by atoms with Crippen LogP contribution in [0, 0.1) is 11.8 Å². The van der Waals surface area contributed by atoms with E-state index in [4.69, 9.17) is 9.47 Å². The zero-order valence-electron chi connectivity index (χ0n) is 25.7. The van der Waals surface area contributed by atoms with Crippen molar-refractivity contribution in [2.75, 3.05) is 0 Å². The Labute approximate surface area is 249 Å². The molecule has 0 heterocycles. The molecule has 222 valence electrons. The maximum absolute atomic E-state index is 14.7. The van der Waals surface area contributed by atoms with E-state index in [-0.39, 0.29) is 5.29 Å². The summed E-state index contributed by atoms with van der Waals surface area (Å²) >= 11 is 0. The third-order valence-electron chi connectivity index (χ3n) is 6.56. The van der Waals surface area contributed by atoms with Gasteiger partial charge in [0.25, 0.3) is 0 Å². The normalized spacial score (nSPS) is 12.8. The molecule has 0 saturated heterocycles. The Hall–Kier alpha value is -3.76. The van der Waals surface area contributed by atoms with Crippen LogP contribution in [0.15, 0.2) is 91.0 Å². The molecular weight excluding hydrogens is 547 g/mol.